The highest BCUT2D eigenvalue weighted by molar-refractivity contribution is 5.86. The van der Waals surface area contributed by atoms with Gasteiger partial charge in [-0.2, -0.15) is 0 Å². The minimum absolute atomic E-state index is 0.0554. The first-order valence-corrected chi connectivity index (χ1v) is 7.22. The van der Waals surface area contributed by atoms with Crippen molar-refractivity contribution in [1.29, 1.82) is 0 Å². The number of carbonyl (C=O) groups excluding carboxylic acids is 2. The number of hydrogen-bond acceptors (Lipinski definition) is 2. The molecule has 2 unspecified atom stereocenters. The highest BCUT2D eigenvalue weighted by Gasteiger charge is 2.33. The molecule has 0 aromatic carbocycles. The third-order valence-corrected chi connectivity index (χ3v) is 4.12. The van der Waals surface area contributed by atoms with Crippen molar-refractivity contribution in [3.63, 3.8) is 0 Å². The number of primary amides is 1. The second kappa shape index (κ2) is 7.97. The molecule has 0 saturated heterocycles. The number of nitrogens with two attached hydrogens (primary N) is 1. The van der Waals surface area contributed by atoms with Gasteiger partial charge in [-0.05, 0) is 25.7 Å². The number of nitrogens with one attached hydrogen (secondary N) is 1. The summed E-state index contributed by atoms with van der Waals surface area (Å²) in [5.74, 6) is -0.543. The lowest BCUT2D eigenvalue weighted by molar-refractivity contribution is -0.133. The first-order chi connectivity index (χ1) is 9.10. The van der Waals surface area contributed by atoms with E-state index in [0.717, 1.165) is 6.42 Å². The Bertz CT molecular complexity index is 333. The third kappa shape index (κ3) is 4.69. The molecule has 1 fully saturated rings. The molecule has 0 radical (unpaired) electrons. The van der Waals surface area contributed by atoms with Crippen molar-refractivity contribution in [1.82, 2.24) is 5.32 Å². The maximum Gasteiger partial charge on any atom is 0.223 e. The number of carbonyl (C=O) groups is 2. The summed E-state index contributed by atoms with van der Waals surface area (Å²) in [6.45, 7) is 1.91. The average Bonchev–Trinajstić information content (AvgIpc) is 2.89. The van der Waals surface area contributed by atoms with Gasteiger partial charge in [0.1, 0.15) is 0 Å². The zero-order valence-electron chi connectivity index (χ0n) is 12.0. The number of hydrogen-bond donors (Lipinski definition) is 2. The van der Waals surface area contributed by atoms with Crippen LogP contribution in [0.1, 0.15) is 45.4 Å². The molecule has 0 aromatic heterocycles. The Kier molecular flexibility index (Phi) is 6.60. The fraction of sp³-hybridized carbons (Fsp3) is 0.733. The summed E-state index contributed by atoms with van der Waals surface area (Å²) in [4.78, 5) is 23.7. The summed E-state index contributed by atoms with van der Waals surface area (Å²) in [5.41, 5.74) is 5.49. The molecule has 3 N–H and O–H groups in total. The Morgan fingerprint density at radius 2 is 1.95 bits per heavy atom. The predicted molar refractivity (Wildman–Crippen MR) is 76.2 cm³/mol. The largest absolute Gasteiger partial charge is 0.369 e. The van der Waals surface area contributed by atoms with Gasteiger partial charge in [-0.25, -0.2) is 0 Å². The molecule has 4 heteroatoms. The lowest BCUT2D eigenvalue weighted by atomic mass is 9.81. The van der Waals surface area contributed by atoms with Crippen LogP contribution in [0.2, 0.25) is 0 Å². The number of allylic oxidation sites excluding steroid dienone is 2. The van der Waals surface area contributed by atoms with Crippen molar-refractivity contribution < 1.29 is 9.59 Å². The van der Waals surface area contributed by atoms with Crippen LogP contribution in [-0.4, -0.2) is 18.9 Å². The standard InChI is InChI=1S/C15H26N2O2/c1-3-4-9-12(14(16)18)13(15(19)17-2)10-11-7-5-6-8-11/h3-4,11-13H,5-10H2,1-2H3,(H2,16,18)(H,17,19)/b4-3+. The van der Waals surface area contributed by atoms with Crippen LogP contribution < -0.4 is 11.1 Å². The summed E-state index contributed by atoms with van der Waals surface area (Å²) in [5, 5.41) is 2.68. The topological polar surface area (TPSA) is 72.2 Å². The summed E-state index contributed by atoms with van der Waals surface area (Å²) in [6, 6.07) is 0. The first kappa shape index (κ1) is 15.7. The predicted octanol–water partition coefficient (Wildman–Crippen LogP) is 2.00. The maximum absolute atomic E-state index is 12.1. The fourth-order valence-electron chi connectivity index (χ4n) is 3.01. The molecule has 19 heavy (non-hydrogen) atoms. The highest BCUT2D eigenvalue weighted by atomic mass is 16.2. The highest BCUT2D eigenvalue weighted by Crippen LogP contribution is 2.33. The molecule has 0 heterocycles. The molecule has 2 atom stereocenters. The zero-order valence-corrected chi connectivity index (χ0v) is 12.0. The molecule has 0 bridgehead atoms. The van der Waals surface area contributed by atoms with E-state index in [1.165, 1.54) is 25.7 Å². The van der Waals surface area contributed by atoms with E-state index in [-0.39, 0.29) is 17.7 Å². The van der Waals surface area contributed by atoms with Crippen LogP contribution in [0.15, 0.2) is 12.2 Å². The van der Waals surface area contributed by atoms with Crippen molar-refractivity contribution in [2.24, 2.45) is 23.5 Å². The van der Waals surface area contributed by atoms with Gasteiger partial charge in [-0.15, -0.1) is 0 Å². The van der Waals surface area contributed by atoms with Gasteiger partial charge in [0.25, 0.3) is 0 Å². The van der Waals surface area contributed by atoms with Gasteiger partial charge in [0.2, 0.25) is 11.8 Å². The Morgan fingerprint density at radius 1 is 1.32 bits per heavy atom. The first-order valence-electron chi connectivity index (χ1n) is 7.22. The number of amides is 2. The van der Waals surface area contributed by atoms with E-state index in [1.54, 1.807) is 7.05 Å². The van der Waals surface area contributed by atoms with Crippen LogP contribution in [0, 0.1) is 17.8 Å². The lowest BCUT2D eigenvalue weighted by Crippen LogP contribution is -2.39. The van der Waals surface area contributed by atoms with Crippen molar-refractivity contribution >= 4 is 11.8 Å². The third-order valence-electron chi connectivity index (χ3n) is 4.12. The molecule has 0 aromatic rings. The second-order valence-corrected chi connectivity index (χ2v) is 5.42. The number of rotatable bonds is 7. The Labute approximate surface area is 115 Å². The minimum atomic E-state index is -0.392. The van der Waals surface area contributed by atoms with Gasteiger partial charge in [-0.3, -0.25) is 9.59 Å². The zero-order chi connectivity index (χ0) is 14.3. The van der Waals surface area contributed by atoms with Gasteiger partial charge < -0.3 is 11.1 Å². The van der Waals surface area contributed by atoms with Crippen LogP contribution >= 0.6 is 0 Å². The fourth-order valence-corrected chi connectivity index (χ4v) is 3.01. The smallest absolute Gasteiger partial charge is 0.223 e. The maximum atomic E-state index is 12.1. The molecule has 1 aliphatic carbocycles. The van der Waals surface area contributed by atoms with E-state index in [4.69, 9.17) is 5.73 Å². The van der Waals surface area contributed by atoms with E-state index < -0.39 is 5.92 Å². The molecular formula is C15H26N2O2. The van der Waals surface area contributed by atoms with Gasteiger partial charge in [0.05, 0.1) is 11.8 Å². The summed E-state index contributed by atoms with van der Waals surface area (Å²) >= 11 is 0. The summed E-state index contributed by atoms with van der Waals surface area (Å²) in [6.07, 6.45) is 9.96. The Balaban J connectivity index is 2.78. The molecule has 4 nitrogen and oxygen atoms in total. The normalized spacial score (nSPS) is 19.5. The lowest BCUT2D eigenvalue weighted by Gasteiger charge is -2.25. The quantitative estimate of drug-likeness (QED) is 0.692. The van der Waals surface area contributed by atoms with Gasteiger partial charge in [0, 0.05) is 7.05 Å². The molecule has 1 aliphatic rings. The molecule has 0 spiro atoms. The Hall–Kier alpha value is -1.32. The molecule has 108 valence electrons. The van der Waals surface area contributed by atoms with E-state index >= 15 is 0 Å². The van der Waals surface area contributed by atoms with Crippen molar-refractivity contribution in [2.75, 3.05) is 7.05 Å². The van der Waals surface area contributed by atoms with E-state index in [0.29, 0.717) is 12.3 Å². The molecule has 0 aliphatic heterocycles. The van der Waals surface area contributed by atoms with Gasteiger partial charge in [-0.1, -0.05) is 37.8 Å². The van der Waals surface area contributed by atoms with Crippen molar-refractivity contribution in [3.8, 4) is 0 Å². The van der Waals surface area contributed by atoms with E-state index in [1.807, 2.05) is 19.1 Å². The molecule has 1 rings (SSSR count). The van der Waals surface area contributed by atoms with Crippen LogP contribution in [-0.2, 0) is 9.59 Å². The van der Waals surface area contributed by atoms with Crippen molar-refractivity contribution in [3.05, 3.63) is 12.2 Å². The second-order valence-electron chi connectivity index (χ2n) is 5.42. The van der Waals surface area contributed by atoms with Crippen molar-refractivity contribution in [2.45, 2.75) is 45.4 Å². The van der Waals surface area contributed by atoms with Crippen LogP contribution in [0.4, 0.5) is 0 Å². The van der Waals surface area contributed by atoms with Gasteiger partial charge >= 0.3 is 0 Å². The molecule has 1 saturated carbocycles. The molecule has 2 amide bonds. The summed E-state index contributed by atoms with van der Waals surface area (Å²) in [7, 11) is 1.62. The Morgan fingerprint density at radius 3 is 2.42 bits per heavy atom. The monoisotopic (exact) mass is 266 g/mol. The van der Waals surface area contributed by atoms with Gasteiger partial charge in [0.15, 0.2) is 0 Å². The SMILES string of the molecule is C/C=C/CC(C(N)=O)C(CC1CCCC1)C(=O)NC. The van der Waals surface area contributed by atoms with Crippen LogP contribution in [0.25, 0.3) is 0 Å². The van der Waals surface area contributed by atoms with Crippen LogP contribution in [0.5, 0.6) is 0 Å². The van der Waals surface area contributed by atoms with Crippen LogP contribution in [0.3, 0.4) is 0 Å². The van der Waals surface area contributed by atoms with E-state index in [2.05, 4.69) is 5.32 Å². The molecular weight excluding hydrogens is 240 g/mol. The average molecular weight is 266 g/mol. The summed E-state index contributed by atoms with van der Waals surface area (Å²) < 4.78 is 0. The minimum Gasteiger partial charge on any atom is -0.369 e. The van der Waals surface area contributed by atoms with E-state index in [9.17, 15) is 9.59 Å².